The highest BCUT2D eigenvalue weighted by Crippen LogP contribution is 2.06. The van der Waals surface area contributed by atoms with E-state index >= 15 is 0 Å². The molecule has 70 valence electrons. The first-order valence-corrected chi connectivity index (χ1v) is 4.24. The molecule has 1 aliphatic heterocycles. The Hall–Kier alpha value is -0.770. The molecule has 0 aromatic carbocycles. The zero-order chi connectivity index (χ0) is 8.81. The predicted octanol–water partition coefficient (Wildman–Crippen LogP) is 1.34. The lowest BCUT2D eigenvalue weighted by atomic mass is 10.3. The van der Waals surface area contributed by atoms with Gasteiger partial charge in [-0.2, -0.15) is 0 Å². The normalized spacial score (nSPS) is 22.1. The third kappa shape index (κ3) is 3.09. The Kier molecular flexibility index (Phi) is 3.87. The smallest absolute Gasteiger partial charge is 0.430 e. The zero-order valence-corrected chi connectivity index (χ0v) is 7.25. The van der Waals surface area contributed by atoms with Crippen molar-refractivity contribution in [2.45, 2.75) is 25.9 Å². The SMILES string of the molecule is CCCCOCC1COC(=O)O1. The van der Waals surface area contributed by atoms with Crippen LogP contribution in [0.4, 0.5) is 4.79 Å². The van der Waals surface area contributed by atoms with Gasteiger partial charge in [-0.3, -0.25) is 0 Å². The van der Waals surface area contributed by atoms with E-state index in [1.54, 1.807) is 0 Å². The van der Waals surface area contributed by atoms with Gasteiger partial charge in [0.2, 0.25) is 0 Å². The van der Waals surface area contributed by atoms with Crippen LogP contribution in [0.2, 0.25) is 0 Å². The highest BCUT2D eigenvalue weighted by Gasteiger charge is 2.24. The average molecular weight is 174 g/mol. The van der Waals surface area contributed by atoms with Gasteiger partial charge in [-0.05, 0) is 6.42 Å². The van der Waals surface area contributed by atoms with Gasteiger partial charge in [0, 0.05) is 6.61 Å². The molecule has 1 aliphatic rings. The molecule has 1 unspecified atom stereocenters. The van der Waals surface area contributed by atoms with Gasteiger partial charge in [0.05, 0.1) is 6.61 Å². The predicted molar refractivity (Wildman–Crippen MR) is 41.9 cm³/mol. The summed E-state index contributed by atoms with van der Waals surface area (Å²) in [6.45, 7) is 3.60. The molecule has 1 saturated heterocycles. The Labute approximate surface area is 71.8 Å². The highest BCUT2D eigenvalue weighted by atomic mass is 16.8. The van der Waals surface area contributed by atoms with Crippen LogP contribution in [0.5, 0.6) is 0 Å². The minimum Gasteiger partial charge on any atom is -0.430 e. The lowest BCUT2D eigenvalue weighted by molar-refractivity contribution is 0.0448. The van der Waals surface area contributed by atoms with E-state index in [1.165, 1.54) is 0 Å². The van der Waals surface area contributed by atoms with Crippen molar-refractivity contribution in [3.05, 3.63) is 0 Å². The third-order valence-electron chi connectivity index (χ3n) is 1.60. The van der Waals surface area contributed by atoms with Crippen molar-refractivity contribution in [3.63, 3.8) is 0 Å². The Morgan fingerprint density at radius 1 is 1.67 bits per heavy atom. The van der Waals surface area contributed by atoms with Crippen LogP contribution < -0.4 is 0 Å². The van der Waals surface area contributed by atoms with Crippen molar-refractivity contribution in [3.8, 4) is 0 Å². The standard InChI is InChI=1S/C8H14O4/c1-2-3-4-10-5-7-6-11-8(9)12-7/h7H,2-6H2,1H3. The average Bonchev–Trinajstić information content (AvgIpc) is 2.45. The van der Waals surface area contributed by atoms with E-state index in [0.29, 0.717) is 13.2 Å². The molecular weight excluding hydrogens is 160 g/mol. The Morgan fingerprint density at radius 2 is 2.50 bits per heavy atom. The van der Waals surface area contributed by atoms with Crippen molar-refractivity contribution in [1.29, 1.82) is 0 Å². The van der Waals surface area contributed by atoms with Crippen LogP contribution in [0.25, 0.3) is 0 Å². The van der Waals surface area contributed by atoms with Gasteiger partial charge < -0.3 is 14.2 Å². The summed E-state index contributed by atoms with van der Waals surface area (Å²) in [7, 11) is 0. The number of unbranched alkanes of at least 4 members (excludes halogenated alkanes) is 1. The molecular formula is C8H14O4. The van der Waals surface area contributed by atoms with Crippen LogP contribution in [0.1, 0.15) is 19.8 Å². The molecule has 12 heavy (non-hydrogen) atoms. The van der Waals surface area contributed by atoms with Crippen LogP contribution in [-0.2, 0) is 14.2 Å². The Morgan fingerprint density at radius 3 is 3.08 bits per heavy atom. The number of carbonyl (C=O) groups is 1. The van der Waals surface area contributed by atoms with Gasteiger partial charge in [-0.25, -0.2) is 4.79 Å². The number of cyclic esters (lactones) is 2. The maximum atomic E-state index is 10.4. The minimum atomic E-state index is -0.584. The molecule has 0 saturated carbocycles. The first-order chi connectivity index (χ1) is 5.83. The number of rotatable bonds is 5. The second-order valence-electron chi connectivity index (χ2n) is 2.73. The van der Waals surface area contributed by atoms with Crippen LogP contribution in [0, 0.1) is 0 Å². The summed E-state index contributed by atoms with van der Waals surface area (Å²) < 4.78 is 14.6. The monoisotopic (exact) mass is 174 g/mol. The molecule has 1 fully saturated rings. The maximum absolute atomic E-state index is 10.4. The summed E-state index contributed by atoms with van der Waals surface area (Å²) in [5.41, 5.74) is 0. The largest absolute Gasteiger partial charge is 0.508 e. The van der Waals surface area contributed by atoms with E-state index in [2.05, 4.69) is 11.7 Å². The van der Waals surface area contributed by atoms with E-state index in [-0.39, 0.29) is 6.10 Å². The molecule has 1 atom stereocenters. The van der Waals surface area contributed by atoms with Gasteiger partial charge in [-0.15, -0.1) is 0 Å². The topological polar surface area (TPSA) is 44.8 Å². The fourth-order valence-electron chi connectivity index (χ4n) is 0.908. The zero-order valence-electron chi connectivity index (χ0n) is 7.25. The highest BCUT2D eigenvalue weighted by molar-refractivity contribution is 5.61. The van der Waals surface area contributed by atoms with E-state index in [9.17, 15) is 4.79 Å². The van der Waals surface area contributed by atoms with Crippen molar-refractivity contribution < 1.29 is 19.0 Å². The molecule has 4 heteroatoms. The van der Waals surface area contributed by atoms with E-state index < -0.39 is 6.16 Å². The van der Waals surface area contributed by atoms with Crippen molar-refractivity contribution in [1.82, 2.24) is 0 Å². The molecule has 0 amide bonds. The molecule has 0 N–H and O–H groups in total. The molecule has 1 rings (SSSR count). The molecule has 0 aromatic heterocycles. The summed E-state index contributed by atoms with van der Waals surface area (Å²) in [5, 5.41) is 0. The van der Waals surface area contributed by atoms with Crippen LogP contribution >= 0.6 is 0 Å². The van der Waals surface area contributed by atoms with E-state index in [0.717, 1.165) is 19.4 Å². The number of hydrogen-bond acceptors (Lipinski definition) is 4. The van der Waals surface area contributed by atoms with Gasteiger partial charge in [-0.1, -0.05) is 13.3 Å². The van der Waals surface area contributed by atoms with Crippen molar-refractivity contribution in [2.75, 3.05) is 19.8 Å². The second kappa shape index (κ2) is 4.98. The van der Waals surface area contributed by atoms with Crippen molar-refractivity contribution >= 4 is 6.16 Å². The molecule has 0 aromatic rings. The first-order valence-electron chi connectivity index (χ1n) is 4.24. The first kappa shape index (κ1) is 9.32. The van der Waals surface area contributed by atoms with Gasteiger partial charge >= 0.3 is 6.16 Å². The quantitative estimate of drug-likeness (QED) is 0.466. The number of ether oxygens (including phenoxy) is 3. The molecule has 0 spiro atoms. The van der Waals surface area contributed by atoms with E-state index in [1.807, 2.05) is 0 Å². The number of hydrogen-bond donors (Lipinski definition) is 0. The molecule has 4 nitrogen and oxygen atoms in total. The van der Waals surface area contributed by atoms with E-state index in [4.69, 9.17) is 9.47 Å². The van der Waals surface area contributed by atoms with Gasteiger partial charge in [0.15, 0.2) is 6.10 Å². The van der Waals surface area contributed by atoms with Crippen LogP contribution in [0.15, 0.2) is 0 Å². The lowest BCUT2D eigenvalue weighted by Gasteiger charge is -2.06. The van der Waals surface area contributed by atoms with Crippen LogP contribution in [-0.4, -0.2) is 32.1 Å². The Balaban J connectivity index is 1.97. The maximum Gasteiger partial charge on any atom is 0.508 e. The fourth-order valence-corrected chi connectivity index (χ4v) is 0.908. The van der Waals surface area contributed by atoms with Gasteiger partial charge in [0.25, 0.3) is 0 Å². The Bertz CT molecular complexity index is 146. The molecule has 0 bridgehead atoms. The molecule has 0 radical (unpaired) electrons. The summed E-state index contributed by atoms with van der Waals surface area (Å²) in [4.78, 5) is 10.4. The molecule has 0 aliphatic carbocycles. The summed E-state index contributed by atoms with van der Waals surface area (Å²) in [6, 6.07) is 0. The summed E-state index contributed by atoms with van der Waals surface area (Å²) >= 11 is 0. The third-order valence-corrected chi connectivity index (χ3v) is 1.60. The van der Waals surface area contributed by atoms with Gasteiger partial charge in [0.1, 0.15) is 6.61 Å². The summed E-state index contributed by atoms with van der Waals surface area (Å²) in [5.74, 6) is 0. The molecule has 1 heterocycles. The second-order valence-corrected chi connectivity index (χ2v) is 2.73. The number of carbonyl (C=O) groups excluding carboxylic acids is 1. The minimum absolute atomic E-state index is 0.200. The van der Waals surface area contributed by atoms with Crippen molar-refractivity contribution in [2.24, 2.45) is 0 Å². The summed E-state index contributed by atoms with van der Waals surface area (Å²) in [6.07, 6.45) is 1.37. The fraction of sp³-hybridized carbons (Fsp3) is 0.875. The van der Waals surface area contributed by atoms with Crippen LogP contribution in [0.3, 0.4) is 0 Å². The lowest BCUT2D eigenvalue weighted by Crippen LogP contribution is -2.18.